The second-order valence-corrected chi connectivity index (χ2v) is 3.14. The highest BCUT2D eigenvalue weighted by Crippen LogP contribution is 2.30. The zero-order valence-corrected chi connectivity index (χ0v) is 7.29. The standard InChI is InChI=1S/C9H10N3O/c1-12-5-9(13)11-7-4-6(10)2-3-8(7)12/h2-4,10H,5H2,1H3,(H,11,13). The van der Waals surface area contributed by atoms with E-state index in [-0.39, 0.29) is 5.91 Å². The number of hydrogen-bond acceptors (Lipinski definition) is 2. The van der Waals surface area contributed by atoms with Gasteiger partial charge in [0.25, 0.3) is 0 Å². The van der Waals surface area contributed by atoms with Crippen LogP contribution >= 0.6 is 0 Å². The van der Waals surface area contributed by atoms with Crippen LogP contribution in [0.5, 0.6) is 0 Å². The molecule has 1 aromatic carbocycles. The summed E-state index contributed by atoms with van der Waals surface area (Å²) in [5.74, 6) is -0.0272. The largest absolute Gasteiger partial charge is 0.364 e. The van der Waals surface area contributed by atoms with Crippen LogP contribution in [0.25, 0.3) is 0 Å². The van der Waals surface area contributed by atoms with Gasteiger partial charge in [0.15, 0.2) is 0 Å². The fourth-order valence-electron chi connectivity index (χ4n) is 1.46. The zero-order chi connectivity index (χ0) is 9.42. The van der Waals surface area contributed by atoms with Crippen LogP contribution in [0.4, 0.5) is 17.1 Å². The topological polar surface area (TPSA) is 56.1 Å². The molecule has 1 aromatic rings. The van der Waals surface area contributed by atoms with Crippen molar-refractivity contribution >= 4 is 23.0 Å². The molecule has 0 fully saturated rings. The van der Waals surface area contributed by atoms with Gasteiger partial charge >= 0.3 is 0 Å². The molecule has 0 saturated carbocycles. The molecule has 0 spiro atoms. The summed E-state index contributed by atoms with van der Waals surface area (Å²) in [7, 11) is 1.86. The first-order valence-corrected chi connectivity index (χ1v) is 4.03. The SMILES string of the molecule is CN1CC(=O)Nc2cc([NH])ccc21. The van der Waals surface area contributed by atoms with Gasteiger partial charge in [-0.15, -0.1) is 0 Å². The van der Waals surface area contributed by atoms with E-state index in [1.807, 2.05) is 18.0 Å². The maximum Gasteiger partial charge on any atom is 0.243 e. The van der Waals surface area contributed by atoms with Gasteiger partial charge in [-0.2, -0.15) is 0 Å². The van der Waals surface area contributed by atoms with E-state index in [0.29, 0.717) is 12.2 Å². The molecule has 0 unspecified atom stereocenters. The highest BCUT2D eigenvalue weighted by molar-refractivity contribution is 6.01. The smallest absolute Gasteiger partial charge is 0.243 e. The summed E-state index contributed by atoms with van der Waals surface area (Å²) in [6, 6.07) is 5.22. The Morgan fingerprint density at radius 2 is 2.31 bits per heavy atom. The van der Waals surface area contributed by atoms with Crippen LogP contribution in [0.15, 0.2) is 18.2 Å². The van der Waals surface area contributed by atoms with Gasteiger partial charge in [-0.05, 0) is 18.2 Å². The molecule has 4 heteroatoms. The molecule has 1 amide bonds. The number of hydrogen-bond donors (Lipinski definition) is 1. The number of rotatable bonds is 0. The first kappa shape index (κ1) is 7.91. The van der Waals surface area contributed by atoms with Crippen LogP contribution in [0.2, 0.25) is 0 Å². The van der Waals surface area contributed by atoms with E-state index in [2.05, 4.69) is 5.32 Å². The monoisotopic (exact) mass is 176 g/mol. The zero-order valence-electron chi connectivity index (χ0n) is 7.29. The van der Waals surface area contributed by atoms with Gasteiger partial charge in [0.05, 0.1) is 23.6 Å². The molecule has 1 aliphatic rings. The van der Waals surface area contributed by atoms with E-state index >= 15 is 0 Å². The van der Waals surface area contributed by atoms with Crippen LogP contribution in [-0.4, -0.2) is 19.5 Å². The number of carbonyl (C=O) groups is 1. The molecule has 1 aliphatic heterocycles. The van der Waals surface area contributed by atoms with Gasteiger partial charge < -0.3 is 16.0 Å². The molecule has 1 heterocycles. The lowest BCUT2D eigenvalue weighted by Gasteiger charge is -2.27. The second-order valence-electron chi connectivity index (χ2n) is 3.14. The third kappa shape index (κ3) is 1.30. The number of amides is 1. The van der Waals surface area contributed by atoms with Crippen molar-refractivity contribution in [1.29, 1.82) is 0 Å². The quantitative estimate of drug-likeness (QED) is 0.640. The van der Waals surface area contributed by atoms with Crippen LogP contribution in [0.1, 0.15) is 0 Å². The lowest BCUT2D eigenvalue weighted by atomic mass is 10.2. The number of carbonyl (C=O) groups excluding carboxylic acids is 1. The summed E-state index contributed by atoms with van der Waals surface area (Å²) < 4.78 is 0. The summed E-state index contributed by atoms with van der Waals surface area (Å²) >= 11 is 0. The van der Waals surface area contributed by atoms with Crippen molar-refractivity contribution in [2.45, 2.75) is 0 Å². The van der Waals surface area contributed by atoms with Crippen LogP contribution in [0.3, 0.4) is 0 Å². The van der Waals surface area contributed by atoms with E-state index < -0.39 is 0 Å². The number of anilines is 2. The number of nitrogens with zero attached hydrogens (tertiary/aromatic N) is 1. The molecule has 13 heavy (non-hydrogen) atoms. The lowest BCUT2D eigenvalue weighted by molar-refractivity contribution is -0.115. The number of likely N-dealkylation sites (N-methyl/N-ethyl adjacent to an activating group) is 1. The minimum atomic E-state index is -0.0272. The third-order valence-corrected chi connectivity index (χ3v) is 2.06. The average molecular weight is 176 g/mol. The molecule has 67 valence electrons. The van der Waals surface area contributed by atoms with Gasteiger partial charge in [0.1, 0.15) is 0 Å². The Bertz CT molecular complexity index is 362. The summed E-state index contributed by atoms with van der Waals surface area (Å²) in [5.41, 5.74) is 9.50. The highest BCUT2D eigenvalue weighted by atomic mass is 16.2. The first-order valence-electron chi connectivity index (χ1n) is 4.03. The Morgan fingerprint density at radius 3 is 3.08 bits per heavy atom. The summed E-state index contributed by atoms with van der Waals surface area (Å²) in [5, 5.41) is 2.73. The fourth-order valence-corrected chi connectivity index (χ4v) is 1.46. The molecule has 2 rings (SSSR count). The maximum absolute atomic E-state index is 11.1. The Morgan fingerprint density at radius 1 is 1.54 bits per heavy atom. The van der Waals surface area contributed by atoms with Crippen molar-refractivity contribution in [3.8, 4) is 0 Å². The summed E-state index contributed by atoms with van der Waals surface area (Å²) in [6.07, 6.45) is 0. The Balaban J connectivity index is 2.49. The van der Waals surface area contributed by atoms with E-state index in [9.17, 15) is 4.79 Å². The van der Waals surface area contributed by atoms with Gasteiger partial charge in [-0.25, -0.2) is 0 Å². The van der Waals surface area contributed by atoms with Crippen molar-refractivity contribution in [3.05, 3.63) is 18.2 Å². The maximum atomic E-state index is 11.1. The number of benzene rings is 1. The van der Waals surface area contributed by atoms with Crippen molar-refractivity contribution in [3.63, 3.8) is 0 Å². The van der Waals surface area contributed by atoms with E-state index in [1.165, 1.54) is 0 Å². The van der Waals surface area contributed by atoms with Gasteiger partial charge in [-0.3, -0.25) is 4.79 Å². The van der Waals surface area contributed by atoms with Crippen molar-refractivity contribution in [2.24, 2.45) is 0 Å². The van der Waals surface area contributed by atoms with Crippen LogP contribution in [-0.2, 0) is 4.79 Å². The molecule has 2 N–H and O–H groups in total. The number of fused-ring (bicyclic) bond motifs is 1. The molecule has 0 saturated heterocycles. The number of nitrogens with one attached hydrogen (secondary N) is 2. The third-order valence-electron chi connectivity index (χ3n) is 2.06. The van der Waals surface area contributed by atoms with Gasteiger partial charge in [0.2, 0.25) is 5.91 Å². The average Bonchev–Trinajstić information content (AvgIpc) is 2.02. The van der Waals surface area contributed by atoms with E-state index in [4.69, 9.17) is 5.73 Å². The van der Waals surface area contributed by atoms with Crippen molar-refractivity contribution < 1.29 is 4.79 Å². The molecule has 0 aliphatic carbocycles. The molecule has 1 radical (unpaired) electrons. The van der Waals surface area contributed by atoms with Gasteiger partial charge in [0, 0.05) is 7.05 Å². The Kier molecular flexibility index (Phi) is 1.62. The molecule has 0 aromatic heterocycles. The predicted molar refractivity (Wildman–Crippen MR) is 51.1 cm³/mol. The minimum absolute atomic E-state index is 0.0272. The molecular formula is C9H10N3O. The molecule has 0 atom stereocenters. The lowest BCUT2D eigenvalue weighted by Crippen LogP contribution is -2.35. The first-order chi connectivity index (χ1) is 6.16. The summed E-state index contributed by atoms with van der Waals surface area (Å²) in [4.78, 5) is 13.0. The van der Waals surface area contributed by atoms with Crippen molar-refractivity contribution in [1.82, 2.24) is 5.73 Å². The molecule has 4 nitrogen and oxygen atoms in total. The molecular weight excluding hydrogens is 166 g/mol. The van der Waals surface area contributed by atoms with Crippen molar-refractivity contribution in [2.75, 3.05) is 23.8 Å². The van der Waals surface area contributed by atoms with Crippen LogP contribution < -0.4 is 16.0 Å². The highest BCUT2D eigenvalue weighted by Gasteiger charge is 2.18. The molecule has 0 bridgehead atoms. The van der Waals surface area contributed by atoms with E-state index in [0.717, 1.165) is 11.4 Å². The Labute approximate surface area is 76.3 Å². The predicted octanol–water partition coefficient (Wildman–Crippen LogP) is 0.989. The Hall–Kier alpha value is -1.71. The minimum Gasteiger partial charge on any atom is -0.364 e. The second kappa shape index (κ2) is 2.65. The summed E-state index contributed by atoms with van der Waals surface area (Å²) in [6.45, 7) is 0.379. The fraction of sp³-hybridized carbons (Fsp3) is 0.222. The van der Waals surface area contributed by atoms with E-state index in [1.54, 1.807) is 12.1 Å². The van der Waals surface area contributed by atoms with Gasteiger partial charge in [-0.1, -0.05) is 0 Å². The van der Waals surface area contributed by atoms with Crippen LogP contribution in [0, 0.1) is 0 Å². The normalized spacial score (nSPS) is 15.2.